The predicted octanol–water partition coefficient (Wildman–Crippen LogP) is 2.94. The highest BCUT2D eigenvalue weighted by Crippen LogP contribution is 2.26. The molecule has 0 saturated carbocycles. The summed E-state index contributed by atoms with van der Waals surface area (Å²) in [5.41, 5.74) is 1.01. The second-order valence-corrected chi connectivity index (χ2v) is 7.55. The van der Waals surface area contributed by atoms with Crippen LogP contribution in [-0.2, 0) is 6.54 Å². The summed E-state index contributed by atoms with van der Waals surface area (Å²) in [6.45, 7) is 6.56. The van der Waals surface area contributed by atoms with Crippen LogP contribution in [0.15, 0.2) is 18.2 Å². The van der Waals surface area contributed by atoms with Gasteiger partial charge in [0.25, 0.3) is 0 Å². The average Bonchev–Trinajstić information content (AvgIpc) is 2.55. The average molecular weight is 389 g/mol. The number of nitrogens with zero attached hydrogens (tertiary/aromatic N) is 3. The molecule has 0 atom stereocenters. The SMILES string of the molecule is CN(C)CCCNC(=S)N1CCN(Cc2c(Cl)cccc2Cl)CC1. The van der Waals surface area contributed by atoms with E-state index in [1.54, 1.807) is 0 Å². The van der Waals surface area contributed by atoms with Crippen molar-refractivity contribution in [3.05, 3.63) is 33.8 Å². The molecule has 2 rings (SSSR count). The van der Waals surface area contributed by atoms with E-state index >= 15 is 0 Å². The van der Waals surface area contributed by atoms with Crippen molar-refractivity contribution >= 4 is 40.5 Å². The lowest BCUT2D eigenvalue weighted by atomic mass is 10.2. The molecule has 1 aromatic carbocycles. The van der Waals surface area contributed by atoms with E-state index in [2.05, 4.69) is 34.1 Å². The molecule has 1 fully saturated rings. The summed E-state index contributed by atoms with van der Waals surface area (Å²) in [5.74, 6) is 0. The molecule has 0 spiro atoms. The number of hydrogen-bond acceptors (Lipinski definition) is 3. The van der Waals surface area contributed by atoms with Crippen LogP contribution in [0.4, 0.5) is 0 Å². The van der Waals surface area contributed by atoms with E-state index in [0.717, 1.165) is 73.0 Å². The van der Waals surface area contributed by atoms with Crippen molar-refractivity contribution in [2.24, 2.45) is 0 Å². The van der Waals surface area contributed by atoms with Crippen LogP contribution >= 0.6 is 35.4 Å². The molecule has 0 radical (unpaired) electrons. The molecule has 1 saturated heterocycles. The monoisotopic (exact) mass is 388 g/mol. The highest BCUT2D eigenvalue weighted by molar-refractivity contribution is 7.80. The van der Waals surface area contributed by atoms with Crippen LogP contribution in [0.5, 0.6) is 0 Å². The van der Waals surface area contributed by atoms with E-state index in [1.807, 2.05) is 18.2 Å². The summed E-state index contributed by atoms with van der Waals surface area (Å²) >= 11 is 18.0. The van der Waals surface area contributed by atoms with Gasteiger partial charge in [0.1, 0.15) is 0 Å². The second-order valence-electron chi connectivity index (χ2n) is 6.35. The van der Waals surface area contributed by atoms with Crippen molar-refractivity contribution < 1.29 is 0 Å². The maximum absolute atomic E-state index is 6.27. The van der Waals surface area contributed by atoms with E-state index in [-0.39, 0.29) is 0 Å². The summed E-state index contributed by atoms with van der Waals surface area (Å²) in [4.78, 5) is 6.80. The summed E-state index contributed by atoms with van der Waals surface area (Å²) in [6.07, 6.45) is 1.10. The molecule has 24 heavy (non-hydrogen) atoms. The molecule has 0 aliphatic carbocycles. The minimum Gasteiger partial charge on any atom is -0.363 e. The number of rotatable bonds is 6. The predicted molar refractivity (Wildman–Crippen MR) is 107 cm³/mol. The minimum atomic E-state index is 0.739. The van der Waals surface area contributed by atoms with Gasteiger partial charge in [0.2, 0.25) is 0 Å². The fraction of sp³-hybridized carbons (Fsp3) is 0.588. The fourth-order valence-electron chi connectivity index (χ4n) is 2.72. The first-order valence-electron chi connectivity index (χ1n) is 8.30. The summed E-state index contributed by atoms with van der Waals surface area (Å²) < 4.78 is 0. The number of benzene rings is 1. The zero-order valence-electron chi connectivity index (χ0n) is 14.4. The first-order chi connectivity index (χ1) is 11.5. The number of thiocarbonyl (C=S) groups is 1. The highest BCUT2D eigenvalue weighted by atomic mass is 35.5. The lowest BCUT2D eigenvalue weighted by molar-refractivity contribution is 0.174. The zero-order chi connectivity index (χ0) is 17.5. The van der Waals surface area contributed by atoms with Gasteiger partial charge >= 0.3 is 0 Å². The van der Waals surface area contributed by atoms with Gasteiger partial charge in [0.15, 0.2) is 5.11 Å². The van der Waals surface area contributed by atoms with E-state index in [9.17, 15) is 0 Å². The molecule has 1 aliphatic rings. The first kappa shape index (κ1) is 19.7. The van der Waals surface area contributed by atoms with Gasteiger partial charge in [-0.25, -0.2) is 0 Å². The normalized spacial score (nSPS) is 15.8. The topological polar surface area (TPSA) is 21.8 Å². The Kier molecular flexibility index (Phi) is 8.04. The quantitative estimate of drug-likeness (QED) is 0.595. The third kappa shape index (κ3) is 6.05. The van der Waals surface area contributed by atoms with Gasteiger partial charge in [-0.2, -0.15) is 0 Å². The largest absolute Gasteiger partial charge is 0.363 e. The van der Waals surface area contributed by atoms with E-state index < -0.39 is 0 Å². The van der Waals surface area contributed by atoms with E-state index in [0.29, 0.717) is 0 Å². The van der Waals surface area contributed by atoms with Crippen molar-refractivity contribution in [1.29, 1.82) is 0 Å². The van der Waals surface area contributed by atoms with Crippen LogP contribution in [-0.4, -0.2) is 73.2 Å². The van der Waals surface area contributed by atoms with Crippen LogP contribution in [0.1, 0.15) is 12.0 Å². The first-order valence-corrected chi connectivity index (χ1v) is 9.46. The Bertz CT molecular complexity index is 525. The van der Waals surface area contributed by atoms with Crippen molar-refractivity contribution in [1.82, 2.24) is 20.0 Å². The molecule has 134 valence electrons. The number of piperazine rings is 1. The summed E-state index contributed by atoms with van der Waals surface area (Å²) in [5, 5.41) is 5.70. The maximum atomic E-state index is 6.27. The van der Waals surface area contributed by atoms with Gasteiger partial charge in [-0.1, -0.05) is 29.3 Å². The zero-order valence-corrected chi connectivity index (χ0v) is 16.7. The molecular weight excluding hydrogens is 363 g/mol. The minimum absolute atomic E-state index is 0.739. The number of hydrogen-bond donors (Lipinski definition) is 1. The molecule has 0 aromatic heterocycles. The number of nitrogens with one attached hydrogen (secondary N) is 1. The van der Waals surface area contributed by atoms with Crippen molar-refractivity contribution in [2.45, 2.75) is 13.0 Å². The maximum Gasteiger partial charge on any atom is 0.169 e. The van der Waals surface area contributed by atoms with Crippen LogP contribution in [0.3, 0.4) is 0 Å². The van der Waals surface area contributed by atoms with Crippen LogP contribution in [0.25, 0.3) is 0 Å². The van der Waals surface area contributed by atoms with Gasteiger partial charge in [0, 0.05) is 54.9 Å². The Hall–Kier alpha value is -0.590. The molecule has 7 heteroatoms. The van der Waals surface area contributed by atoms with Gasteiger partial charge in [-0.05, 0) is 51.4 Å². The molecule has 1 aliphatic heterocycles. The Morgan fingerprint density at radius 3 is 2.38 bits per heavy atom. The molecular formula is C17H26Cl2N4S. The van der Waals surface area contributed by atoms with Gasteiger partial charge in [-0.3, -0.25) is 4.90 Å². The molecule has 1 heterocycles. The fourth-order valence-corrected chi connectivity index (χ4v) is 3.52. The molecule has 0 amide bonds. The summed E-state index contributed by atoms with van der Waals surface area (Å²) in [7, 11) is 4.17. The van der Waals surface area contributed by atoms with Gasteiger partial charge in [0.05, 0.1) is 0 Å². The lowest BCUT2D eigenvalue weighted by Gasteiger charge is -2.36. The third-order valence-corrected chi connectivity index (χ3v) is 5.27. The van der Waals surface area contributed by atoms with E-state index in [1.165, 1.54) is 0 Å². The molecule has 0 bridgehead atoms. The van der Waals surface area contributed by atoms with Crippen molar-refractivity contribution in [2.75, 3.05) is 53.4 Å². The van der Waals surface area contributed by atoms with Gasteiger partial charge < -0.3 is 15.1 Å². The Balaban J connectivity index is 1.74. The molecule has 1 N–H and O–H groups in total. The third-order valence-electron chi connectivity index (χ3n) is 4.16. The van der Waals surface area contributed by atoms with Crippen molar-refractivity contribution in [3.63, 3.8) is 0 Å². The summed E-state index contributed by atoms with van der Waals surface area (Å²) in [6, 6.07) is 5.67. The Morgan fingerprint density at radius 2 is 1.79 bits per heavy atom. The smallest absolute Gasteiger partial charge is 0.169 e. The van der Waals surface area contributed by atoms with Crippen LogP contribution in [0.2, 0.25) is 10.0 Å². The number of halogens is 2. The molecule has 0 unspecified atom stereocenters. The van der Waals surface area contributed by atoms with Gasteiger partial charge in [-0.15, -0.1) is 0 Å². The Labute approximate surface area is 160 Å². The van der Waals surface area contributed by atoms with Crippen LogP contribution in [0, 0.1) is 0 Å². The van der Waals surface area contributed by atoms with E-state index in [4.69, 9.17) is 35.4 Å². The lowest BCUT2D eigenvalue weighted by Crippen LogP contribution is -2.51. The molecule has 4 nitrogen and oxygen atoms in total. The standard InChI is InChI=1S/C17H26Cl2N4S/c1-21(2)8-4-7-20-17(24)23-11-9-22(10-12-23)13-14-15(18)5-3-6-16(14)19/h3,5-6H,4,7-13H2,1-2H3,(H,20,24). The highest BCUT2D eigenvalue weighted by Gasteiger charge is 2.20. The Morgan fingerprint density at radius 1 is 1.17 bits per heavy atom. The molecule has 1 aromatic rings. The second kappa shape index (κ2) is 9.78. The van der Waals surface area contributed by atoms with Crippen LogP contribution < -0.4 is 5.32 Å². The van der Waals surface area contributed by atoms with Crippen molar-refractivity contribution in [3.8, 4) is 0 Å².